The summed E-state index contributed by atoms with van der Waals surface area (Å²) in [6.07, 6.45) is 17.2. The molecular weight excluding hydrogens is 322 g/mol. The molecule has 26 heavy (non-hydrogen) atoms. The van der Waals surface area contributed by atoms with Crippen LogP contribution in [0.5, 0.6) is 0 Å². The van der Waals surface area contributed by atoms with Crippen LogP contribution < -0.4 is 5.73 Å². The molecule has 6 atom stereocenters. The van der Waals surface area contributed by atoms with Crippen molar-refractivity contribution in [3.8, 4) is 0 Å². The fraction of sp³-hybridized carbons (Fsp3) is 0.826. The predicted octanol–water partition coefficient (Wildman–Crippen LogP) is 4.58. The van der Waals surface area contributed by atoms with E-state index in [4.69, 9.17) is 5.73 Å². The van der Waals surface area contributed by atoms with E-state index >= 15 is 0 Å². The molecule has 1 fully saturated rings. The van der Waals surface area contributed by atoms with E-state index in [1.54, 1.807) is 5.57 Å². The molecule has 0 aromatic heterocycles. The summed E-state index contributed by atoms with van der Waals surface area (Å²) < 4.78 is 0. The van der Waals surface area contributed by atoms with Crippen molar-refractivity contribution in [1.29, 1.82) is 0 Å². The standard InChI is InChI=1S/C23H41NO2/c1-3-4-8-17(2)13-20(25)10-11-21-22-15-18(9-6-5-7-12-24)14-19(22)16-23(21)26/h10-11,14,17,19-23,25-26H,3-9,12-13,15-16,24H2,1-2H3/t17-,19?,20+,21+,22-,23+/m0/s1. The molecule has 150 valence electrons. The van der Waals surface area contributed by atoms with Crippen molar-refractivity contribution in [2.75, 3.05) is 6.54 Å². The van der Waals surface area contributed by atoms with Gasteiger partial charge in [0, 0.05) is 5.92 Å². The van der Waals surface area contributed by atoms with Crippen LogP contribution in [0, 0.1) is 23.7 Å². The maximum atomic E-state index is 10.5. The number of aliphatic hydroxyl groups is 2. The van der Waals surface area contributed by atoms with Crippen molar-refractivity contribution in [2.24, 2.45) is 29.4 Å². The first-order valence-corrected chi connectivity index (χ1v) is 11.0. The molecule has 3 nitrogen and oxygen atoms in total. The van der Waals surface area contributed by atoms with Crippen LogP contribution in [0.2, 0.25) is 0 Å². The van der Waals surface area contributed by atoms with Crippen LogP contribution in [0.4, 0.5) is 0 Å². The molecule has 0 aliphatic heterocycles. The molecule has 0 spiro atoms. The van der Waals surface area contributed by atoms with Crippen molar-refractivity contribution in [3.05, 3.63) is 23.8 Å². The second-order valence-electron chi connectivity index (χ2n) is 8.77. The van der Waals surface area contributed by atoms with Crippen molar-refractivity contribution in [1.82, 2.24) is 0 Å². The highest BCUT2D eigenvalue weighted by molar-refractivity contribution is 5.21. The molecule has 0 radical (unpaired) electrons. The molecule has 2 aliphatic carbocycles. The second kappa shape index (κ2) is 11.3. The molecule has 0 aromatic carbocycles. The molecule has 0 heterocycles. The van der Waals surface area contributed by atoms with Crippen LogP contribution in [-0.4, -0.2) is 29.0 Å². The summed E-state index contributed by atoms with van der Waals surface area (Å²) >= 11 is 0. The minimum absolute atomic E-state index is 0.207. The largest absolute Gasteiger partial charge is 0.392 e. The molecule has 0 aromatic rings. The van der Waals surface area contributed by atoms with Gasteiger partial charge in [0.05, 0.1) is 12.2 Å². The van der Waals surface area contributed by atoms with Gasteiger partial charge in [-0.2, -0.15) is 0 Å². The fourth-order valence-corrected chi connectivity index (χ4v) is 4.88. The average molecular weight is 364 g/mol. The lowest BCUT2D eigenvalue weighted by Gasteiger charge is -2.19. The maximum Gasteiger partial charge on any atom is 0.0723 e. The Balaban J connectivity index is 1.79. The van der Waals surface area contributed by atoms with Gasteiger partial charge < -0.3 is 15.9 Å². The minimum atomic E-state index is -0.377. The Morgan fingerprint density at radius 2 is 2.08 bits per heavy atom. The Kier molecular flexibility index (Phi) is 9.38. The summed E-state index contributed by atoms with van der Waals surface area (Å²) in [6.45, 7) is 5.23. The number of rotatable bonds is 12. The van der Waals surface area contributed by atoms with E-state index in [2.05, 4.69) is 26.0 Å². The van der Waals surface area contributed by atoms with Crippen molar-refractivity contribution in [2.45, 2.75) is 90.3 Å². The number of aliphatic hydroxyl groups excluding tert-OH is 2. The number of hydrogen-bond acceptors (Lipinski definition) is 3. The Hall–Kier alpha value is -0.640. The topological polar surface area (TPSA) is 66.5 Å². The van der Waals surface area contributed by atoms with Gasteiger partial charge in [-0.05, 0) is 62.8 Å². The van der Waals surface area contributed by atoms with Gasteiger partial charge in [0.2, 0.25) is 0 Å². The third kappa shape index (κ3) is 6.51. The van der Waals surface area contributed by atoms with Gasteiger partial charge in [0.1, 0.15) is 0 Å². The van der Waals surface area contributed by atoms with Crippen LogP contribution in [-0.2, 0) is 0 Å². The second-order valence-corrected chi connectivity index (χ2v) is 8.77. The van der Waals surface area contributed by atoms with Crippen LogP contribution in [0.3, 0.4) is 0 Å². The summed E-state index contributed by atoms with van der Waals surface area (Å²) in [5, 5.41) is 20.8. The smallest absolute Gasteiger partial charge is 0.0723 e. The number of nitrogens with two attached hydrogens (primary N) is 1. The SMILES string of the molecule is CCCC[C@H](C)C[C@H](O)C=C[C@H]1[C@H](O)CC2C=C(CCCCCN)C[C@@H]21. The number of allylic oxidation sites excluding steroid dienone is 2. The number of hydrogen-bond donors (Lipinski definition) is 3. The van der Waals surface area contributed by atoms with Crippen LogP contribution in [0.1, 0.15) is 78.1 Å². The quantitative estimate of drug-likeness (QED) is 0.351. The van der Waals surface area contributed by atoms with Gasteiger partial charge in [0.25, 0.3) is 0 Å². The first-order valence-electron chi connectivity index (χ1n) is 11.0. The first kappa shape index (κ1) is 21.7. The summed E-state index contributed by atoms with van der Waals surface area (Å²) in [7, 11) is 0. The molecule has 4 N–H and O–H groups in total. The normalized spacial score (nSPS) is 30.6. The highest BCUT2D eigenvalue weighted by atomic mass is 16.3. The van der Waals surface area contributed by atoms with Crippen LogP contribution >= 0.6 is 0 Å². The van der Waals surface area contributed by atoms with E-state index in [1.165, 1.54) is 38.5 Å². The van der Waals surface area contributed by atoms with Gasteiger partial charge in [-0.15, -0.1) is 0 Å². The van der Waals surface area contributed by atoms with E-state index in [0.29, 0.717) is 17.8 Å². The van der Waals surface area contributed by atoms with Gasteiger partial charge >= 0.3 is 0 Å². The van der Waals surface area contributed by atoms with Crippen molar-refractivity contribution >= 4 is 0 Å². The molecule has 0 saturated heterocycles. The zero-order valence-electron chi connectivity index (χ0n) is 16.9. The monoisotopic (exact) mass is 363 g/mol. The fourth-order valence-electron chi connectivity index (χ4n) is 4.88. The Morgan fingerprint density at radius 3 is 2.81 bits per heavy atom. The molecule has 2 aliphatic rings. The summed E-state index contributed by atoms with van der Waals surface area (Å²) in [5.41, 5.74) is 7.15. The molecule has 1 unspecified atom stereocenters. The Bertz CT molecular complexity index is 459. The highest BCUT2D eigenvalue weighted by Gasteiger charge is 2.43. The lowest BCUT2D eigenvalue weighted by Crippen LogP contribution is -2.18. The maximum absolute atomic E-state index is 10.5. The van der Waals surface area contributed by atoms with Crippen molar-refractivity contribution < 1.29 is 10.2 Å². The number of unbranched alkanes of at least 4 members (excludes halogenated alkanes) is 3. The zero-order chi connectivity index (χ0) is 18.9. The van der Waals surface area contributed by atoms with E-state index in [-0.39, 0.29) is 18.1 Å². The van der Waals surface area contributed by atoms with E-state index in [9.17, 15) is 10.2 Å². The molecule has 3 heteroatoms. The molecule has 0 amide bonds. The highest BCUT2D eigenvalue weighted by Crippen LogP contribution is 2.48. The molecule has 0 bridgehead atoms. The zero-order valence-corrected chi connectivity index (χ0v) is 16.9. The van der Waals surface area contributed by atoms with E-state index in [1.807, 2.05) is 6.08 Å². The van der Waals surface area contributed by atoms with Gasteiger partial charge in [-0.1, -0.05) is 63.3 Å². The van der Waals surface area contributed by atoms with Crippen LogP contribution in [0.25, 0.3) is 0 Å². The van der Waals surface area contributed by atoms with Crippen molar-refractivity contribution in [3.63, 3.8) is 0 Å². The summed E-state index contributed by atoms with van der Waals surface area (Å²) in [5.74, 6) is 1.84. The average Bonchev–Trinajstić information content (AvgIpc) is 3.11. The lowest BCUT2D eigenvalue weighted by molar-refractivity contribution is 0.139. The third-order valence-corrected chi connectivity index (χ3v) is 6.40. The van der Waals surface area contributed by atoms with Gasteiger partial charge in [0.15, 0.2) is 0 Å². The van der Waals surface area contributed by atoms with Crippen LogP contribution in [0.15, 0.2) is 23.8 Å². The molecule has 1 saturated carbocycles. The van der Waals surface area contributed by atoms with E-state index in [0.717, 1.165) is 32.2 Å². The first-order chi connectivity index (χ1) is 12.5. The Morgan fingerprint density at radius 1 is 1.27 bits per heavy atom. The molecular formula is C23H41NO2. The van der Waals surface area contributed by atoms with E-state index < -0.39 is 0 Å². The van der Waals surface area contributed by atoms with Gasteiger partial charge in [-0.25, -0.2) is 0 Å². The lowest BCUT2D eigenvalue weighted by atomic mass is 9.88. The molecule has 2 rings (SSSR count). The Labute approximate surface area is 160 Å². The third-order valence-electron chi connectivity index (χ3n) is 6.40. The summed E-state index contributed by atoms with van der Waals surface area (Å²) in [4.78, 5) is 0. The predicted molar refractivity (Wildman–Crippen MR) is 110 cm³/mol. The summed E-state index contributed by atoms with van der Waals surface area (Å²) in [6, 6.07) is 0. The van der Waals surface area contributed by atoms with Gasteiger partial charge in [-0.3, -0.25) is 0 Å². The number of fused-ring (bicyclic) bond motifs is 1. The minimum Gasteiger partial charge on any atom is -0.392 e.